The Morgan fingerprint density at radius 2 is 1.48 bits per heavy atom. The minimum Gasteiger partial charge on any atom is -0.369 e. The quantitative estimate of drug-likeness (QED) is 0.858. The van der Waals surface area contributed by atoms with Crippen molar-refractivity contribution in [2.24, 2.45) is 17.8 Å². The number of hydrogen-bond donors (Lipinski definition) is 2. The molecule has 4 bridgehead atoms. The molecule has 0 aromatic heterocycles. The molecule has 27 heavy (non-hydrogen) atoms. The van der Waals surface area contributed by atoms with Gasteiger partial charge in [-0.25, -0.2) is 4.79 Å². The average Bonchev–Trinajstić information content (AvgIpc) is 2.61. The molecule has 0 unspecified atom stereocenters. The van der Waals surface area contributed by atoms with E-state index < -0.39 is 0 Å². The lowest BCUT2D eigenvalue weighted by atomic mass is 9.53. The van der Waals surface area contributed by atoms with E-state index in [-0.39, 0.29) is 11.6 Å². The van der Waals surface area contributed by atoms with Crippen molar-refractivity contribution < 1.29 is 4.79 Å². The van der Waals surface area contributed by atoms with Gasteiger partial charge in [0.25, 0.3) is 0 Å². The molecular weight excluding hydrogens is 336 g/mol. The number of nitrogens with zero attached hydrogens (tertiary/aromatic N) is 2. The number of anilines is 2. The van der Waals surface area contributed by atoms with Gasteiger partial charge in [-0.1, -0.05) is 0 Å². The number of benzene rings is 1. The summed E-state index contributed by atoms with van der Waals surface area (Å²) in [7, 11) is 2.17. The van der Waals surface area contributed by atoms with Crippen LogP contribution in [-0.4, -0.2) is 49.7 Å². The summed E-state index contributed by atoms with van der Waals surface area (Å²) < 4.78 is 0. The molecule has 0 radical (unpaired) electrons. The fraction of sp³-hybridized carbons (Fsp3) is 0.682. The van der Waals surface area contributed by atoms with Crippen LogP contribution in [0, 0.1) is 17.8 Å². The molecule has 0 atom stereocenters. The number of rotatable bonds is 3. The maximum atomic E-state index is 12.7. The number of carbonyl (C=O) groups is 1. The number of carbonyl (C=O) groups excluding carboxylic acids is 1. The molecule has 1 heterocycles. The molecule has 2 N–H and O–H groups in total. The van der Waals surface area contributed by atoms with Crippen LogP contribution in [0.3, 0.4) is 0 Å². The lowest BCUT2D eigenvalue weighted by molar-refractivity contribution is -0.0127. The zero-order valence-electron chi connectivity index (χ0n) is 16.4. The zero-order chi connectivity index (χ0) is 18.4. The number of urea groups is 1. The molecule has 5 fully saturated rings. The summed E-state index contributed by atoms with van der Waals surface area (Å²) >= 11 is 0. The molecule has 0 spiro atoms. The van der Waals surface area contributed by atoms with Crippen molar-refractivity contribution in [3.8, 4) is 0 Å². The standard InChI is InChI=1S/C22H32N4O/c1-25-6-8-26(9-7-25)20-4-2-19(3-5-20)23-21(27)24-22-13-16-10-17(14-22)12-18(11-16)15-22/h2-5,16-18H,6-15H2,1H3,(H2,23,24,27). The molecule has 1 aromatic carbocycles. The maximum absolute atomic E-state index is 12.7. The first kappa shape index (κ1) is 17.4. The monoisotopic (exact) mass is 368 g/mol. The molecule has 146 valence electrons. The van der Waals surface area contributed by atoms with Crippen LogP contribution in [0.1, 0.15) is 38.5 Å². The van der Waals surface area contributed by atoms with E-state index in [9.17, 15) is 4.79 Å². The van der Waals surface area contributed by atoms with Crippen molar-refractivity contribution in [3.05, 3.63) is 24.3 Å². The highest BCUT2D eigenvalue weighted by Gasteiger charge is 2.51. The average molecular weight is 369 g/mol. The fourth-order valence-corrected chi connectivity index (χ4v) is 6.49. The topological polar surface area (TPSA) is 47.6 Å². The summed E-state index contributed by atoms with van der Waals surface area (Å²) in [6, 6.07) is 8.31. The third-order valence-electron chi connectivity index (χ3n) is 7.41. The number of nitrogens with one attached hydrogen (secondary N) is 2. The number of piperazine rings is 1. The predicted octanol–water partition coefficient (Wildman–Crippen LogP) is 3.53. The normalized spacial score (nSPS) is 35.3. The molecule has 1 saturated heterocycles. The second-order valence-electron chi connectivity index (χ2n) is 9.61. The van der Waals surface area contributed by atoms with Gasteiger partial charge >= 0.3 is 6.03 Å². The van der Waals surface area contributed by atoms with Gasteiger partial charge in [-0.15, -0.1) is 0 Å². The second kappa shape index (κ2) is 6.69. The van der Waals surface area contributed by atoms with E-state index in [1.165, 1.54) is 44.2 Å². The van der Waals surface area contributed by atoms with Crippen molar-refractivity contribution in [2.45, 2.75) is 44.1 Å². The zero-order valence-corrected chi connectivity index (χ0v) is 16.4. The maximum Gasteiger partial charge on any atom is 0.319 e. The van der Waals surface area contributed by atoms with E-state index in [1.807, 2.05) is 12.1 Å². The first-order valence-corrected chi connectivity index (χ1v) is 10.7. The third-order valence-corrected chi connectivity index (χ3v) is 7.41. The molecular formula is C22H32N4O. The summed E-state index contributed by atoms with van der Waals surface area (Å²) in [6.45, 7) is 4.34. The van der Waals surface area contributed by atoms with Crippen LogP contribution in [0.25, 0.3) is 0 Å². The minimum absolute atomic E-state index is 0.0238. The smallest absolute Gasteiger partial charge is 0.319 e. The Morgan fingerprint density at radius 1 is 0.926 bits per heavy atom. The first-order valence-electron chi connectivity index (χ1n) is 10.7. The van der Waals surface area contributed by atoms with Gasteiger partial charge in [0.15, 0.2) is 0 Å². The van der Waals surface area contributed by atoms with E-state index >= 15 is 0 Å². The largest absolute Gasteiger partial charge is 0.369 e. The lowest BCUT2D eigenvalue weighted by Crippen LogP contribution is -2.60. The minimum atomic E-state index is -0.0238. The van der Waals surface area contributed by atoms with Crippen LogP contribution in [0.4, 0.5) is 16.2 Å². The van der Waals surface area contributed by atoms with Gasteiger partial charge in [-0.3, -0.25) is 0 Å². The van der Waals surface area contributed by atoms with Gasteiger partial charge in [-0.05, 0) is 87.6 Å². The van der Waals surface area contributed by atoms with E-state index in [1.54, 1.807) is 0 Å². The summed E-state index contributed by atoms with van der Waals surface area (Å²) in [5, 5.41) is 6.47. The highest BCUT2D eigenvalue weighted by Crippen LogP contribution is 2.55. The molecule has 4 aliphatic carbocycles. The van der Waals surface area contributed by atoms with Crippen molar-refractivity contribution in [1.29, 1.82) is 0 Å². The Bertz CT molecular complexity index is 657. The van der Waals surface area contributed by atoms with Gasteiger partial charge in [0, 0.05) is 43.1 Å². The Kier molecular flexibility index (Phi) is 4.30. The van der Waals surface area contributed by atoms with Gasteiger partial charge in [-0.2, -0.15) is 0 Å². The van der Waals surface area contributed by atoms with E-state index in [2.05, 4.69) is 39.6 Å². The molecule has 5 heteroatoms. The number of likely N-dealkylation sites (N-methyl/N-ethyl adjacent to an activating group) is 1. The van der Waals surface area contributed by atoms with Gasteiger partial charge in [0.2, 0.25) is 0 Å². The Morgan fingerprint density at radius 3 is 2.04 bits per heavy atom. The first-order chi connectivity index (χ1) is 13.1. The highest BCUT2D eigenvalue weighted by molar-refractivity contribution is 5.90. The summed E-state index contributed by atoms with van der Waals surface area (Å²) in [5.74, 6) is 2.54. The van der Waals surface area contributed by atoms with Crippen LogP contribution in [-0.2, 0) is 0 Å². The molecule has 4 saturated carbocycles. The lowest BCUT2D eigenvalue weighted by Gasteiger charge is -2.56. The molecule has 5 aliphatic rings. The van der Waals surface area contributed by atoms with Crippen molar-refractivity contribution in [1.82, 2.24) is 10.2 Å². The van der Waals surface area contributed by atoms with E-state index in [0.717, 1.165) is 49.6 Å². The van der Waals surface area contributed by atoms with E-state index in [4.69, 9.17) is 0 Å². The van der Waals surface area contributed by atoms with Crippen molar-refractivity contribution in [3.63, 3.8) is 0 Å². The van der Waals surface area contributed by atoms with Crippen LogP contribution >= 0.6 is 0 Å². The van der Waals surface area contributed by atoms with Crippen molar-refractivity contribution >= 4 is 17.4 Å². The van der Waals surface area contributed by atoms with Gasteiger partial charge in [0.05, 0.1) is 0 Å². The Balaban J connectivity index is 1.19. The van der Waals surface area contributed by atoms with Crippen LogP contribution in [0.5, 0.6) is 0 Å². The van der Waals surface area contributed by atoms with E-state index in [0.29, 0.717) is 0 Å². The summed E-state index contributed by atoms with van der Waals surface area (Å²) in [5.41, 5.74) is 2.20. The van der Waals surface area contributed by atoms with Crippen molar-refractivity contribution in [2.75, 3.05) is 43.4 Å². The van der Waals surface area contributed by atoms with Gasteiger partial charge in [0.1, 0.15) is 0 Å². The van der Waals surface area contributed by atoms with Crippen LogP contribution in [0.2, 0.25) is 0 Å². The summed E-state index contributed by atoms with van der Waals surface area (Å²) in [6.07, 6.45) is 7.77. The summed E-state index contributed by atoms with van der Waals surface area (Å²) in [4.78, 5) is 17.5. The highest BCUT2D eigenvalue weighted by atomic mass is 16.2. The molecule has 2 amide bonds. The number of hydrogen-bond acceptors (Lipinski definition) is 3. The SMILES string of the molecule is CN1CCN(c2ccc(NC(=O)NC34CC5CC(CC(C5)C3)C4)cc2)CC1. The molecule has 1 aromatic rings. The Hall–Kier alpha value is -1.75. The molecule has 6 rings (SSSR count). The molecule has 1 aliphatic heterocycles. The van der Waals surface area contributed by atoms with Crippen LogP contribution in [0.15, 0.2) is 24.3 Å². The second-order valence-corrected chi connectivity index (χ2v) is 9.61. The predicted molar refractivity (Wildman–Crippen MR) is 109 cm³/mol. The number of amides is 2. The third kappa shape index (κ3) is 3.54. The molecule has 5 nitrogen and oxygen atoms in total. The van der Waals surface area contributed by atoms with Gasteiger partial charge < -0.3 is 20.4 Å². The Labute approximate surface area is 162 Å². The fourth-order valence-electron chi connectivity index (χ4n) is 6.49. The van der Waals surface area contributed by atoms with Crippen LogP contribution < -0.4 is 15.5 Å².